The summed E-state index contributed by atoms with van der Waals surface area (Å²) in [7, 11) is 1.57. The van der Waals surface area contributed by atoms with E-state index in [2.05, 4.69) is 0 Å². The molecule has 1 aromatic rings. The molecular formula is C8H10ClNO3. The van der Waals surface area contributed by atoms with Gasteiger partial charge in [0.25, 0.3) is 0 Å². The van der Waals surface area contributed by atoms with Crippen molar-refractivity contribution in [2.45, 2.75) is 6.92 Å². The number of pyridine rings is 1. The second kappa shape index (κ2) is 5.37. The second-order valence-electron chi connectivity index (χ2n) is 2.18. The van der Waals surface area contributed by atoms with Gasteiger partial charge in [-0.25, -0.2) is 4.79 Å². The highest BCUT2D eigenvalue weighted by molar-refractivity contribution is 5.65. The van der Waals surface area contributed by atoms with Gasteiger partial charge in [-0.3, -0.25) is 0 Å². The van der Waals surface area contributed by atoms with E-state index in [1.54, 1.807) is 31.6 Å². The molecule has 0 spiro atoms. The Morgan fingerprint density at radius 3 is 2.31 bits per heavy atom. The molecule has 0 amide bonds. The van der Waals surface area contributed by atoms with E-state index in [9.17, 15) is 4.79 Å². The third-order valence-electron chi connectivity index (χ3n) is 1.24. The zero-order valence-corrected chi connectivity index (χ0v) is 8.12. The summed E-state index contributed by atoms with van der Waals surface area (Å²) in [6.07, 6.45) is 3.19. The van der Waals surface area contributed by atoms with E-state index < -0.39 is 0 Å². The number of halogens is 1. The largest absolute Gasteiger partial charge is 1.00 e. The normalized spacial score (nSPS) is 8.46. The molecule has 72 valence electrons. The number of nitrogens with zero attached hydrogens (tertiary/aromatic N) is 1. The number of carbonyl (C=O) groups is 1. The summed E-state index contributed by atoms with van der Waals surface area (Å²) in [4.78, 5) is 15.2. The van der Waals surface area contributed by atoms with Crippen molar-refractivity contribution in [1.82, 2.24) is 0 Å². The fraction of sp³-hybridized carbons (Fsp3) is 0.250. The van der Waals surface area contributed by atoms with Gasteiger partial charge in [-0.05, 0) is 0 Å². The molecular weight excluding hydrogens is 194 g/mol. The molecule has 13 heavy (non-hydrogen) atoms. The van der Waals surface area contributed by atoms with E-state index in [1.165, 1.54) is 11.7 Å². The molecule has 0 atom stereocenters. The van der Waals surface area contributed by atoms with Gasteiger partial charge in [-0.1, -0.05) is 0 Å². The van der Waals surface area contributed by atoms with Crippen molar-refractivity contribution in [3.8, 4) is 5.75 Å². The Morgan fingerprint density at radius 1 is 1.38 bits per heavy atom. The van der Waals surface area contributed by atoms with E-state index in [-0.39, 0.29) is 18.4 Å². The zero-order chi connectivity index (χ0) is 8.97. The molecule has 1 heterocycles. The third kappa shape index (κ3) is 3.75. The predicted molar refractivity (Wildman–Crippen MR) is 40.5 cm³/mol. The van der Waals surface area contributed by atoms with Gasteiger partial charge in [0.05, 0.1) is 7.11 Å². The molecule has 0 unspecified atom stereocenters. The molecule has 4 nitrogen and oxygen atoms in total. The van der Waals surface area contributed by atoms with Crippen molar-refractivity contribution in [2.75, 3.05) is 7.11 Å². The summed E-state index contributed by atoms with van der Waals surface area (Å²) in [5, 5.41) is 0. The first-order chi connectivity index (χ1) is 5.72. The van der Waals surface area contributed by atoms with Crippen LogP contribution in [-0.4, -0.2) is 13.1 Å². The number of carbonyl (C=O) groups excluding carboxylic acids is 1. The Balaban J connectivity index is 0.00000144. The van der Waals surface area contributed by atoms with E-state index in [4.69, 9.17) is 9.57 Å². The predicted octanol–water partition coefficient (Wildman–Crippen LogP) is -3.04. The maximum absolute atomic E-state index is 10.5. The van der Waals surface area contributed by atoms with Crippen LogP contribution < -0.4 is 26.7 Å². The van der Waals surface area contributed by atoms with Crippen molar-refractivity contribution < 1.29 is 31.5 Å². The molecule has 0 saturated heterocycles. The summed E-state index contributed by atoms with van der Waals surface area (Å²) >= 11 is 0. The monoisotopic (exact) mass is 203 g/mol. The molecule has 0 radical (unpaired) electrons. The summed E-state index contributed by atoms with van der Waals surface area (Å²) in [6, 6.07) is 3.39. The number of aromatic nitrogens is 1. The van der Waals surface area contributed by atoms with Gasteiger partial charge in [0.1, 0.15) is 5.75 Å². The molecule has 1 rings (SSSR count). The Kier molecular flexibility index (Phi) is 4.84. The number of hydrogen-bond donors (Lipinski definition) is 0. The van der Waals surface area contributed by atoms with Gasteiger partial charge in [-0.2, -0.15) is 4.84 Å². The molecule has 0 aliphatic heterocycles. The van der Waals surface area contributed by atoms with E-state index in [0.717, 1.165) is 5.75 Å². The summed E-state index contributed by atoms with van der Waals surface area (Å²) < 4.78 is 6.23. The molecule has 0 aliphatic carbocycles. The van der Waals surface area contributed by atoms with E-state index in [1.807, 2.05) is 0 Å². The maximum atomic E-state index is 10.5. The van der Waals surface area contributed by atoms with Crippen LogP contribution in [-0.2, 0) is 4.79 Å². The van der Waals surface area contributed by atoms with Crippen LogP contribution in [0.15, 0.2) is 24.5 Å². The van der Waals surface area contributed by atoms with Crippen LogP contribution in [0.2, 0.25) is 0 Å². The molecule has 0 aromatic carbocycles. The molecule has 0 fully saturated rings. The van der Waals surface area contributed by atoms with Crippen molar-refractivity contribution >= 4 is 5.97 Å². The van der Waals surface area contributed by atoms with Gasteiger partial charge in [0.2, 0.25) is 12.4 Å². The average molecular weight is 204 g/mol. The van der Waals surface area contributed by atoms with Crippen LogP contribution in [0.25, 0.3) is 0 Å². The molecule has 1 aromatic heterocycles. The second-order valence-corrected chi connectivity index (χ2v) is 2.18. The minimum absolute atomic E-state index is 0. The van der Waals surface area contributed by atoms with Crippen LogP contribution in [0.3, 0.4) is 0 Å². The summed E-state index contributed by atoms with van der Waals surface area (Å²) in [6.45, 7) is 1.34. The lowest BCUT2D eigenvalue weighted by Gasteiger charge is -1.95. The lowest BCUT2D eigenvalue weighted by atomic mass is 10.5. The average Bonchev–Trinajstić information content (AvgIpc) is 2.05. The summed E-state index contributed by atoms with van der Waals surface area (Å²) in [5.74, 6) is 0.364. The summed E-state index contributed by atoms with van der Waals surface area (Å²) in [5.41, 5.74) is 0. The lowest BCUT2D eigenvalue weighted by molar-refractivity contribution is -0.869. The van der Waals surface area contributed by atoms with Crippen LogP contribution >= 0.6 is 0 Å². The Hall–Kier alpha value is -1.29. The number of methoxy groups -OCH3 is 1. The maximum Gasteiger partial charge on any atom is 0.377 e. The van der Waals surface area contributed by atoms with Gasteiger partial charge in [0.15, 0.2) is 0 Å². The molecule has 5 heteroatoms. The van der Waals surface area contributed by atoms with Crippen molar-refractivity contribution in [3.63, 3.8) is 0 Å². The van der Waals surface area contributed by atoms with Gasteiger partial charge < -0.3 is 17.1 Å². The van der Waals surface area contributed by atoms with Gasteiger partial charge in [-0.15, -0.1) is 0 Å². The topological polar surface area (TPSA) is 39.4 Å². The number of ether oxygens (including phenoxy) is 1. The first kappa shape index (κ1) is 11.7. The molecule has 0 bridgehead atoms. The Morgan fingerprint density at radius 2 is 1.92 bits per heavy atom. The van der Waals surface area contributed by atoms with Crippen molar-refractivity contribution in [3.05, 3.63) is 24.5 Å². The third-order valence-corrected chi connectivity index (χ3v) is 1.24. The van der Waals surface area contributed by atoms with Crippen LogP contribution in [0.1, 0.15) is 6.92 Å². The molecule has 0 N–H and O–H groups in total. The Bertz CT molecular complexity index is 273. The van der Waals surface area contributed by atoms with E-state index >= 15 is 0 Å². The fourth-order valence-corrected chi connectivity index (χ4v) is 0.744. The quantitative estimate of drug-likeness (QED) is 0.480. The minimum atomic E-state index is -0.356. The van der Waals surface area contributed by atoms with Crippen LogP contribution in [0.5, 0.6) is 5.75 Å². The van der Waals surface area contributed by atoms with Crippen LogP contribution in [0.4, 0.5) is 0 Å². The number of rotatable bonds is 2. The molecule has 0 aliphatic rings. The highest BCUT2D eigenvalue weighted by Crippen LogP contribution is 2.03. The highest BCUT2D eigenvalue weighted by Gasteiger charge is 2.04. The van der Waals surface area contributed by atoms with Crippen LogP contribution in [0, 0.1) is 0 Å². The van der Waals surface area contributed by atoms with Gasteiger partial charge in [0, 0.05) is 23.8 Å². The van der Waals surface area contributed by atoms with Crippen molar-refractivity contribution in [1.29, 1.82) is 0 Å². The highest BCUT2D eigenvalue weighted by atomic mass is 35.5. The SMILES string of the molecule is COc1cc[n+](OC(C)=O)cc1.[Cl-]. The standard InChI is InChI=1S/C8H10NO3.ClH/c1-7(10)12-9-5-3-8(11-2)4-6-9;/h3-6H,1-2H3;1H/q+1;/p-1. The zero-order valence-electron chi connectivity index (χ0n) is 7.36. The van der Waals surface area contributed by atoms with Gasteiger partial charge >= 0.3 is 5.97 Å². The smallest absolute Gasteiger partial charge is 0.377 e. The minimum Gasteiger partial charge on any atom is -1.00 e. The first-order valence-corrected chi connectivity index (χ1v) is 3.46. The fourth-order valence-electron chi connectivity index (χ4n) is 0.744. The first-order valence-electron chi connectivity index (χ1n) is 3.46. The van der Waals surface area contributed by atoms with E-state index in [0.29, 0.717) is 0 Å². The lowest BCUT2D eigenvalue weighted by Crippen LogP contribution is -3.00. The molecule has 0 saturated carbocycles. The number of hydrogen-bond acceptors (Lipinski definition) is 3. The van der Waals surface area contributed by atoms with Crippen molar-refractivity contribution in [2.24, 2.45) is 0 Å². The Labute approximate surface area is 82.5 Å².